The van der Waals surface area contributed by atoms with Gasteiger partial charge < -0.3 is 15.9 Å². The molecule has 108 valence electrons. The minimum absolute atomic E-state index is 0. The molecule has 0 saturated carbocycles. The zero-order valence-electron chi connectivity index (χ0n) is 11.8. The number of carbonyl (C=O) groups is 2. The first-order valence-electron chi connectivity index (χ1n) is 5.52. The number of aliphatic carboxylic acids is 2. The van der Waals surface area contributed by atoms with Gasteiger partial charge in [-0.2, -0.15) is 0 Å². The van der Waals surface area contributed by atoms with E-state index in [0.717, 1.165) is 0 Å². The summed E-state index contributed by atoms with van der Waals surface area (Å²) in [6.07, 6.45) is 0. The van der Waals surface area contributed by atoms with E-state index in [2.05, 4.69) is 0 Å². The molecule has 0 aromatic rings. The number of rotatable bonds is 3. The van der Waals surface area contributed by atoms with Crippen LogP contribution in [0.25, 0.3) is 0 Å². The van der Waals surface area contributed by atoms with Crippen LogP contribution in [0.2, 0.25) is 0 Å². The van der Waals surface area contributed by atoms with Gasteiger partial charge in [0.2, 0.25) is 0 Å². The summed E-state index contributed by atoms with van der Waals surface area (Å²) in [5, 5.41) is 18.7. The third-order valence-electron chi connectivity index (χ3n) is 3.44. The Morgan fingerprint density at radius 3 is 1.28 bits per heavy atom. The molecule has 4 N–H and O–H groups in total. The summed E-state index contributed by atoms with van der Waals surface area (Å²) in [7, 11) is 0. The third kappa shape index (κ3) is 2.78. The molecule has 0 bridgehead atoms. The summed E-state index contributed by atoms with van der Waals surface area (Å²) in [6, 6.07) is -1.46. The van der Waals surface area contributed by atoms with Crippen LogP contribution in [0.5, 0.6) is 0 Å². The first-order chi connectivity index (χ1) is 7.30. The predicted molar refractivity (Wildman–Crippen MR) is 71.8 cm³/mol. The molecule has 0 amide bonds. The Morgan fingerprint density at radius 1 is 0.944 bits per heavy atom. The molecule has 0 aromatic heterocycles. The quantitative estimate of drug-likeness (QED) is 0.734. The molecule has 0 rings (SSSR count). The highest BCUT2D eigenvalue weighted by atomic mass is 35.5. The Balaban J connectivity index is 0. The average molecular weight is 282 g/mol. The van der Waals surface area contributed by atoms with Crippen LogP contribution in [0.15, 0.2) is 0 Å². The van der Waals surface area contributed by atoms with Crippen molar-refractivity contribution in [2.75, 3.05) is 0 Å². The second-order valence-corrected chi connectivity index (χ2v) is 6.43. The van der Waals surface area contributed by atoms with Gasteiger partial charge in [0.05, 0.1) is 0 Å². The molecule has 0 fully saturated rings. The molecule has 0 aliphatic heterocycles. The van der Waals surface area contributed by atoms with Gasteiger partial charge in [0.1, 0.15) is 11.5 Å². The molecular weight excluding hydrogens is 258 g/mol. The molecule has 6 heteroatoms. The lowest BCUT2D eigenvalue weighted by Gasteiger charge is -2.52. The molecule has 0 aliphatic carbocycles. The van der Waals surface area contributed by atoms with Crippen molar-refractivity contribution in [2.24, 2.45) is 22.0 Å². The molecule has 5 nitrogen and oxygen atoms in total. The topological polar surface area (TPSA) is 101 Å². The van der Waals surface area contributed by atoms with E-state index in [0.29, 0.717) is 0 Å². The Bertz CT molecular complexity index is 314. The fourth-order valence-electron chi connectivity index (χ4n) is 3.02. The minimum Gasteiger partial charge on any atom is -0.481 e. The normalized spacial score (nSPS) is 14.6. The van der Waals surface area contributed by atoms with Gasteiger partial charge in [-0.05, 0) is 10.8 Å². The van der Waals surface area contributed by atoms with E-state index in [1.54, 1.807) is 41.5 Å². The van der Waals surface area contributed by atoms with E-state index in [-0.39, 0.29) is 12.4 Å². The van der Waals surface area contributed by atoms with Gasteiger partial charge in [-0.15, -0.1) is 12.4 Å². The maximum atomic E-state index is 11.7. The molecule has 0 heterocycles. The van der Waals surface area contributed by atoms with Crippen molar-refractivity contribution in [3.05, 3.63) is 0 Å². The molecule has 0 unspecified atom stereocenters. The number of carboxylic acids is 2. The molecule has 0 spiro atoms. The van der Waals surface area contributed by atoms with Gasteiger partial charge in [-0.1, -0.05) is 41.5 Å². The van der Waals surface area contributed by atoms with Gasteiger partial charge in [0.25, 0.3) is 0 Å². The van der Waals surface area contributed by atoms with Crippen LogP contribution in [0.4, 0.5) is 0 Å². The van der Waals surface area contributed by atoms with E-state index in [9.17, 15) is 14.7 Å². The van der Waals surface area contributed by atoms with E-state index in [1.165, 1.54) is 0 Å². The number of hydrogen-bond donors (Lipinski definition) is 3. The molecule has 18 heavy (non-hydrogen) atoms. The van der Waals surface area contributed by atoms with Crippen LogP contribution in [-0.2, 0) is 9.59 Å². The van der Waals surface area contributed by atoms with E-state index in [4.69, 9.17) is 10.8 Å². The van der Waals surface area contributed by atoms with Gasteiger partial charge in [-0.25, -0.2) is 0 Å². The standard InChI is InChI=1S/C12H23NO4.ClH/c1-10(2,3)12(9(16)17,11(4,5)6)7(13)8(14)15;/h7H,13H2,1-6H3,(H,14,15)(H,16,17);1H/t7-;/m0./s1. The highest BCUT2D eigenvalue weighted by Gasteiger charge is 2.62. The third-order valence-corrected chi connectivity index (χ3v) is 3.44. The largest absolute Gasteiger partial charge is 0.481 e. The van der Waals surface area contributed by atoms with Gasteiger partial charge >= 0.3 is 11.9 Å². The fraction of sp³-hybridized carbons (Fsp3) is 0.833. The lowest BCUT2D eigenvalue weighted by atomic mass is 9.51. The van der Waals surface area contributed by atoms with E-state index >= 15 is 0 Å². The van der Waals surface area contributed by atoms with Gasteiger partial charge in [-0.3, -0.25) is 9.59 Å². The van der Waals surface area contributed by atoms with Crippen molar-refractivity contribution in [2.45, 2.75) is 47.6 Å². The molecular formula is C12H24ClNO4. The average Bonchev–Trinajstić information content (AvgIpc) is 1.97. The summed E-state index contributed by atoms with van der Waals surface area (Å²) >= 11 is 0. The van der Waals surface area contributed by atoms with Gasteiger partial charge in [0, 0.05) is 0 Å². The molecule has 0 aliphatic rings. The monoisotopic (exact) mass is 281 g/mol. The molecule has 0 radical (unpaired) electrons. The number of carboxylic acid groups (broad SMARTS) is 2. The molecule has 0 aromatic carbocycles. The van der Waals surface area contributed by atoms with Crippen molar-refractivity contribution in [3.63, 3.8) is 0 Å². The van der Waals surface area contributed by atoms with E-state index in [1.807, 2.05) is 0 Å². The van der Waals surface area contributed by atoms with Crippen LogP contribution in [0, 0.1) is 16.2 Å². The number of nitrogens with two attached hydrogens (primary N) is 1. The summed E-state index contributed by atoms with van der Waals surface area (Å²) in [5.74, 6) is -2.47. The first-order valence-corrected chi connectivity index (χ1v) is 5.52. The summed E-state index contributed by atoms with van der Waals surface area (Å²) in [5.41, 5.74) is 2.57. The van der Waals surface area contributed by atoms with Crippen LogP contribution in [0.3, 0.4) is 0 Å². The van der Waals surface area contributed by atoms with Crippen molar-refractivity contribution in [1.29, 1.82) is 0 Å². The zero-order chi connectivity index (χ0) is 14.2. The smallest absolute Gasteiger partial charge is 0.321 e. The maximum Gasteiger partial charge on any atom is 0.321 e. The van der Waals surface area contributed by atoms with Crippen LogP contribution < -0.4 is 5.73 Å². The highest BCUT2D eigenvalue weighted by Crippen LogP contribution is 2.53. The SMILES string of the molecule is CC(C)(C)C(C(=O)O)([C@@H](N)C(=O)O)C(C)(C)C.Cl. The highest BCUT2D eigenvalue weighted by molar-refractivity contribution is 5.87. The van der Waals surface area contributed by atoms with Crippen molar-refractivity contribution in [3.8, 4) is 0 Å². The predicted octanol–water partition coefficient (Wildman–Crippen LogP) is 1.98. The number of halogens is 1. The maximum absolute atomic E-state index is 11.7. The second kappa shape index (κ2) is 5.45. The van der Waals surface area contributed by atoms with Crippen molar-refractivity contribution >= 4 is 24.3 Å². The summed E-state index contributed by atoms with van der Waals surface area (Å²) < 4.78 is 0. The molecule has 0 saturated heterocycles. The van der Waals surface area contributed by atoms with Crippen LogP contribution >= 0.6 is 12.4 Å². The van der Waals surface area contributed by atoms with E-state index < -0.39 is 34.2 Å². The van der Waals surface area contributed by atoms with Crippen LogP contribution in [0.1, 0.15) is 41.5 Å². The summed E-state index contributed by atoms with van der Waals surface area (Å²) in [6.45, 7) is 10.2. The first kappa shape index (κ1) is 19.5. The lowest BCUT2D eigenvalue weighted by Crippen LogP contribution is -2.64. The van der Waals surface area contributed by atoms with Gasteiger partial charge in [0.15, 0.2) is 0 Å². The lowest BCUT2D eigenvalue weighted by molar-refractivity contribution is -0.179. The Hall–Kier alpha value is -0.810. The second-order valence-electron chi connectivity index (χ2n) is 6.43. The van der Waals surface area contributed by atoms with Crippen molar-refractivity contribution < 1.29 is 19.8 Å². The number of hydrogen-bond acceptors (Lipinski definition) is 3. The Kier molecular flexibility index (Phi) is 5.91. The Labute approximate surface area is 114 Å². The zero-order valence-corrected chi connectivity index (χ0v) is 12.6. The fourth-order valence-corrected chi connectivity index (χ4v) is 3.02. The minimum atomic E-state index is -1.55. The van der Waals surface area contributed by atoms with Crippen LogP contribution in [-0.4, -0.2) is 28.2 Å². The van der Waals surface area contributed by atoms with Crippen molar-refractivity contribution in [1.82, 2.24) is 0 Å². The summed E-state index contributed by atoms with van der Waals surface area (Å²) in [4.78, 5) is 22.9. The Morgan fingerprint density at radius 2 is 1.22 bits per heavy atom. The molecule has 1 atom stereocenters.